The van der Waals surface area contributed by atoms with Crippen LogP contribution in [0.3, 0.4) is 0 Å². The Kier molecular flexibility index (Phi) is 9.10. The molecule has 168 valence electrons. The molecule has 0 spiro atoms. The van der Waals surface area contributed by atoms with Gasteiger partial charge in [-0.2, -0.15) is 10.5 Å². The Balaban J connectivity index is 1.80. The average molecular weight is 437 g/mol. The van der Waals surface area contributed by atoms with Crippen molar-refractivity contribution in [2.75, 3.05) is 6.61 Å². The summed E-state index contributed by atoms with van der Waals surface area (Å²) in [7, 11) is 0. The van der Waals surface area contributed by atoms with Crippen LogP contribution in [0.2, 0.25) is 0 Å². The second-order valence-electron chi connectivity index (χ2n) is 8.31. The summed E-state index contributed by atoms with van der Waals surface area (Å²) in [6, 6.07) is 24.5. The summed E-state index contributed by atoms with van der Waals surface area (Å²) in [5, 5.41) is 19.8. The van der Waals surface area contributed by atoms with Crippen LogP contribution in [0.4, 0.5) is 0 Å². The van der Waals surface area contributed by atoms with Gasteiger partial charge in [-0.05, 0) is 48.6 Å². The van der Waals surface area contributed by atoms with E-state index in [0.29, 0.717) is 17.7 Å². The van der Waals surface area contributed by atoms with Crippen LogP contribution in [0.25, 0.3) is 22.3 Å². The first-order valence-electron chi connectivity index (χ1n) is 12.0. The Morgan fingerprint density at radius 3 is 1.67 bits per heavy atom. The summed E-state index contributed by atoms with van der Waals surface area (Å²) in [6.45, 7) is 4.79. The van der Waals surface area contributed by atoms with E-state index in [1.165, 1.54) is 44.1 Å². The average Bonchev–Trinajstić information content (AvgIpc) is 2.86. The highest BCUT2D eigenvalue weighted by Crippen LogP contribution is 2.34. The lowest BCUT2D eigenvalue weighted by atomic mass is 9.90. The molecule has 0 bridgehead atoms. The maximum absolute atomic E-state index is 9.92. The van der Waals surface area contributed by atoms with Gasteiger partial charge in [0.15, 0.2) is 0 Å². The van der Waals surface area contributed by atoms with E-state index in [0.717, 1.165) is 34.4 Å². The number of ether oxygens (including phenoxy) is 1. The second-order valence-corrected chi connectivity index (χ2v) is 8.31. The van der Waals surface area contributed by atoms with Gasteiger partial charge < -0.3 is 4.74 Å². The van der Waals surface area contributed by atoms with Gasteiger partial charge in [-0.1, -0.05) is 87.6 Å². The fourth-order valence-electron chi connectivity index (χ4n) is 4.17. The van der Waals surface area contributed by atoms with Crippen molar-refractivity contribution in [3.05, 3.63) is 77.4 Å². The zero-order valence-electron chi connectivity index (χ0n) is 19.7. The predicted molar refractivity (Wildman–Crippen MR) is 135 cm³/mol. The monoisotopic (exact) mass is 436 g/mol. The number of rotatable bonds is 11. The summed E-state index contributed by atoms with van der Waals surface area (Å²) >= 11 is 0. The zero-order chi connectivity index (χ0) is 23.5. The van der Waals surface area contributed by atoms with Crippen LogP contribution in [-0.2, 0) is 6.42 Å². The van der Waals surface area contributed by atoms with Crippen molar-refractivity contribution < 1.29 is 4.74 Å². The maximum atomic E-state index is 9.92. The molecule has 0 atom stereocenters. The van der Waals surface area contributed by atoms with Gasteiger partial charge in [0.25, 0.3) is 0 Å². The third kappa shape index (κ3) is 6.24. The molecule has 0 N–H and O–H groups in total. The summed E-state index contributed by atoms with van der Waals surface area (Å²) in [5.41, 5.74) is 5.58. The third-order valence-electron chi connectivity index (χ3n) is 5.99. The minimum Gasteiger partial charge on any atom is -0.494 e. The maximum Gasteiger partial charge on any atom is 0.119 e. The normalized spacial score (nSPS) is 10.4. The molecular weight excluding hydrogens is 404 g/mol. The minimum atomic E-state index is 0.412. The van der Waals surface area contributed by atoms with Crippen molar-refractivity contribution in [2.24, 2.45) is 0 Å². The highest BCUT2D eigenvalue weighted by molar-refractivity contribution is 5.82. The minimum absolute atomic E-state index is 0.412. The number of unbranched alkanes of at least 4 members (excludes halogenated alkanes) is 5. The topological polar surface area (TPSA) is 56.8 Å². The van der Waals surface area contributed by atoms with Gasteiger partial charge in [0.2, 0.25) is 0 Å². The van der Waals surface area contributed by atoms with Crippen molar-refractivity contribution in [3.8, 4) is 40.1 Å². The SMILES string of the molecule is CCCCCCCCc1ccc(-c2ccc(-c3ccc(OCC)cc3)c(C#N)c2C#N)cc1. The van der Waals surface area contributed by atoms with Crippen molar-refractivity contribution in [2.45, 2.75) is 58.8 Å². The van der Waals surface area contributed by atoms with E-state index in [-0.39, 0.29) is 0 Å². The molecule has 0 radical (unpaired) electrons. The standard InChI is InChI=1S/C30H32N2O/c1-3-5-6-7-8-9-10-23-11-13-24(14-12-23)27-19-20-28(30(22-32)29(27)21-31)25-15-17-26(18-16-25)33-4-2/h11-20H,3-10H2,1-2H3. The molecule has 0 unspecified atom stereocenters. The van der Waals surface area contributed by atoms with Gasteiger partial charge in [0.1, 0.15) is 17.9 Å². The lowest BCUT2D eigenvalue weighted by Crippen LogP contribution is -1.95. The number of benzene rings is 3. The molecule has 3 nitrogen and oxygen atoms in total. The summed E-state index contributed by atoms with van der Waals surface area (Å²) in [6.07, 6.45) is 8.83. The number of nitrogens with zero attached hydrogens (tertiary/aromatic N) is 2. The van der Waals surface area contributed by atoms with Gasteiger partial charge in [-0.15, -0.1) is 0 Å². The largest absolute Gasteiger partial charge is 0.494 e. The zero-order valence-corrected chi connectivity index (χ0v) is 19.7. The Morgan fingerprint density at radius 2 is 1.15 bits per heavy atom. The molecule has 0 saturated carbocycles. The van der Waals surface area contributed by atoms with Crippen molar-refractivity contribution in [1.82, 2.24) is 0 Å². The smallest absolute Gasteiger partial charge is 0.119 e. The van der Waals surface area contributed by atoms with E-state index < -0.39 is 0 Å². The third-order valence-corrected chi connectivity index (χ3v) is 5.99. The van der Waals surface area contributed by atoms with E-state index in [1.54, 1.807) is 0 Å². The first-order valence-corrected chi connectivity index (χ1v) is 12.0. The van der Waals surface area contributed by atoms with Crippen molar-refractivity contribution in [3.63, 3.8) is 0 Å². The van der Waals surface area contributed by atoms with Crippen LogP contribution in [0.15, 0.2) is 60.7 Å². The van der Waals surface area contributed by atoms with Crippen molar-refractivity contribution in [1.29, 1.82) is 10.5 Å². The highest BCUT2D eigenvalue weighted by Gasteiger charge is 2.16. The van der Waals surface area contributed by atoms with Crippen LogP contribution in [0.1, 0.15) is 69.1 Å². The quantitative estimate of drug-likeness (QED) is 0.286. The van der Waals surface area contributed by atoms with Gasteiger partial charge in [-0.25, -0.2) is 0 Å². The van der Waals surface area contributed by atoms with E-state index >= 15 is 0 Å². The molecule has 0 amide bonds. The summed E-state index contributed by atoms with van der Waals surface area (Å²) in [4.78, 5) is 0. The van der Waals surface area contributed by atoms with Crippen LogP contribution < -0.4 is 4.74 Å². The van der Waals surface area contributed by atoms with E-state index in [4.69, 9.17) is 4.74 Å². The number of nitriles is 2. The molecule has 0 aromatic heterocycles. The molecule has 3 heteroatoms. The van der Waals surface area contributed by atoms with Crippen LogP contribution in [-0.4, -0.2) is 6.61 Å². The summed E-state index contributed by atoms with van der Waals surface area (Å²) < 4.78 is 5.51. The van der Waals surface area contributed by atoms with E-state index in [9.17, 15) is 10.5 Å². The fraction of sp³-hybridized carbons (Fsp3) is 0.333. The molecule has 0 aliphatic rings. The van der Waals surface area contributed by atoms with Gasteiger partial charge in [0, 0.05) is 11.1 Å². The van der Waals surface area contributed by atoms with Crippen LogP contribution >= 0.6 is 0 Å². The Bertz CT molecular complexity index is 1120. The molecule has 3 aromatic rings. The molecule has 0 fully saturated rings. The molecule has 0 aliphatic heterocycles. The lowest BCUT2D eigenvalue weighted by Gasteiger charge is -2.12. The van der Waals surface area contributed by atoms with Crippen LogP contribution in [0.5, 0.6) is 5.75 Å². The Labute approximate surface area is 198 Å². The van der Waals surface area contributed by atoms with Crippen molar-refractivity contribution >= 4 is 0 Å². The highest BCUT2D eigenvalue weighted by atomic mass is 16.5. The first-order chi connectivity index (χ1) is 16.2. The molecule has 33 heavy (non-hydrogen) atoms. The molecule has 0 saturated heterocycles. The Morgan fingerprint density at radius 1 is 0.636 bits per heavy atom. The molecular formula is C30H32N2O. The number of aryl methyl sites for hydroxylation is 1. The van der Waals surface area contributed by atoms with E-state index in [2.05, 4.69) is 43.3 Å². The number of hydrogen-bond donors (Lipinski definition) is 0. The molecule has 0 aliphatic carbocycles. The first kappa shape index (κ1) is 24.1. The second kappa shape index (κ2) is 12.5. The lowest BCUT2D eigenvalue weighted by molar-refractivity contribution is 0.340. The fourth-order valence-corrected chi connectivity index (χ4v) is 4.17. The molecule has 0 heterocycles. The van der Waals surface area contributed by atoms with Gasteiger partial charge >= 0.3 is 0 Å². The van der Waals surface area contributed by atoms with Gasteiger partial charge in [0.05, 0.1) is 17.7 Å². The number of hydrogen-bond acceptors (Lipinski definition) is 3. The van der Waals surface area contributed by atoms with Crippen LogP contribution in [0, 0.1) is 22.7 Å². The molecule has 3 aromatic carbocycles. The predicted octanol–water partition coefficient (Wildman–Crippen LogP) is 8.07. The Hall–Kier alpha value is -3.56. The summed E-state index contributed by atoms with van der Waals surface area (Å²) in [5.74, 6) is 0.790. The van der Waals surface area contributed by atoms with E-state index in [1.807, 2.05) is 43.3 Å². The van der Waals surface area contributed by atoms with Gasteiger partial charge in [-0.3, -0.25) is 0 Å². The molecule has 3 rings (SSSR count).